The first-order chi connectivity index (χ1) is 9.22. The third-order valence-corrected chi connectivity index (χ3v) is 3.58. The van der Waals surface area contributed by atoms with E-state index >= 15 is 0 Å². The van der Waals surface area contributed by atoms with E-state index in [-0.39, 0.29) is 6.10 Å². The van der Waals surface area contributed by atoms with Gasteiger partial charge in [-0.25, -0.2) is 4.52 Å². The van der Waals surface area contributed by atoms with E-state index in [1.807, 2.05) is 30.3 Å². The Hall–Kier alpha value is -1.18. The zero-order valence-corrected chi connectivity index (χ0v) is 12.3. The number of fused-ring (bicyclic) bond motifs is 1. The van der Waals surface area contributed by atoms with Crippen LogP contribution >= 0.6 is 15.9 Å². The van der Waals surface area contributed by atoms with E-state index in [9.17, 15) is 0 Å². The van der Waals surface area contributed by atoms with Crippen molar-refractivity contribution in [2.45, 2.75) is 6.10 Å². The highest BCUT2D eigenvalue weighted by molar-refractivity contribution is 9.10. The topological polar surface area (TPSA) is 54.7 Å². The van der Waals surface area contributed by atoms with Crippen molar-refractivity contribution >= 4 is 27.5 Å². The average molecular weight is 326 g/mol. The van der Waals surface area contributed by atoms with Crippen LogP contribution < -0.4 is 10.2 Å². The highest BCUT2D eigenvalue weighted by atomic mass is 79.9. The second-order valence-electron chi connectivity index (χ2n) is 4.64. The highest BCUT2D eigenvalue weighted by Gasteiger charge is 2.18. The molecule has 0 radical (unpaired) electrons. The summed E-state index contributed by atoms with van der Waals surface area (Å²) in [7, 11) is 1.99. The molecule has 1 aliphatic rings. The van der Waals surface area contributed by atoms with E-state index in [0.29, 0.717) is 5.95 Å². The summed E-state index contributed by atoms with van der Waals surface area (Å²) in [4.78, 5) is 6.53. The first-order valence-electron chi connectivity index (χ1n) is 6.28. The molecule has 1 fully saturated rings. The number of rotatable bonds is 3. The Labute approximate surface area is 119 Å². The number of likely N-dealkylation sites (N-methyl/N-ethyl adjacent to an activating group) is 1. The van der Waals surface area contributed by atoms with Gasteiger partial charge in [0.05, 0.1) is 12.7 Å². The van der Waals surface area contributed by atoms with Gasteiger partial charge in [0.15, 0.2) is 5.65 Å². The van der Waals surface area contributed by atoms with Crippen LogP contribution in [0, 0.1) is 0 Å². The molecule has 19 heavy (non-hydrogen) atoms. The van der Waals surface area contributed by atoms with Crippen LogP contribution in [0.1, 0.15) is 0 Å². The summed E-state index contributed by atoms with van der Waals surface area (Å²) in [6.45, 7) is 3.36. The summed E-state index contributed by atoms with van der Waals surface area (Å²) in [5.41, 5.74) is 0.840. The number of anilines is 1. The van der Waals surface area contributed by atoms with Crippen LogP contribution in [0.15, 0.2) is 22.8 Å². The Morgan fingerprint density at radius 2 is 2.47 bits per heavy atom. The largest absolute Gasteiger partial charge is 0.374 e. The van der Waals surface area contributed by atoms with Crippen molar-refractivity contribution in [1.29, 1.82) is 0 Å². The lowest BCUT2D eigenvalue weighted by Gasteiger charge is -2.27. The Morgan fingerprint density at radius 1 is 1.58 bits per heavy atom. The van der Waals surface area contributed by atoms with Gasteiger partial charge in [-0.15, -0.1) is 5.10 Å². The van der Waals surface area contributed by atoms with Crippen LogP contribution in [0.25, 0.3) is 5.65 Å². The van der Waals surface area contributed by atoms with Crippen LogP contribution in [0.4, 0.5) is 5.95 Å². The third kappa shape index (κ3) is 2.88. The Balaban J connectivity index is 1.75. The number of ether oxygens (including phenoxy) is 1. The first kappa shape index (κ1) is 12.8. The molecule has 1 atom stereocenters. The molecular weight excluding hydrogens is 310 g/mol. The van der Waals surface area contributed by atoms with Crippen LogP contribution in [0.2, 0.25) is 0 Å². The van der Waals surface area contributed by atoms with E-state index < -0.39 is 0 Å². The van der Waals surface area contributed by atoms with E-state index in [1.165, 1.54) is 0 Å². The maximum absolute atomic E-state index is 5.69. The van der Waals surface area contributed by atoms with Crippen molar-refractivity contribution in [2.75, 3.05) is 38.2 Å². The number of hydrogen-bond donors (Lipinski definition) is 1. The summed E-state index contributed by atoms with van der Waals surface area (Å²) < 4.78 is 8.45. The molecule has 1 saturated heterocycles. The Bertz CT molecular complexity index is 566. The highest BCUT2D eigenvalue weighted by Crippen LogP contribution is 2.14. The molecule has 0 saturated carbocycles. The van der Waals surface area contributed by atoms with Gasteiger partial charge in [-0.05, 0) is 28.1 Å². The minimum absolute atomic E-state index is 0.192. The minimum atomic E-state index is 0.192. The fourth-order valence-corrected chi connectivity index (χ4v) is 2.46. The molecule has 102 valence electrons. The molecule has 0 spiro atoms. The maximum Gasteiger partial charge on any atom is 0.245 e. The molecule has 1 N–H and O–H groups in total. The zero-order chi connectivity index (χ0) is 13.2. The van der Waals surface area contributed by atoms with Crippen molar-refractivity contribution < 1.29 is 4.74 Å². The SMILES string of the molecule is CN(CC1CNCCO1)c1nc2ccc(Br)cn2n1. The molecule has 3 heterocycles. The maximum atomic E-state index is 5.69. The molecule has 1 aliphatic heterocycles. The summed E-state index contributed by atoms with van der Waals surface area (Å²) in [6, 6.07) is 3.90. The molecule has 0 aromatic carbocycles. The Kier molecular flexibility index (Phi) is 3.67. The normalized spacial score (nSPS) is 19.8. The fraction of sp³-hybridized carbons (Fsp3) is 0.500. The van der Waals surface area contributed by atoms with Gasteiger partial charge in [0.2, 0.25) is 5.95 Å². The number of nitrogens with zero attached hydrogens (tertiary/aromatic N) is 4. The van der Waals surface area contributed by atoms with Crippen molar-refractivity contribution in [2.24, 2.45) is 0 Å². The number of morpholine rings is 1. The molecule has 2 aromatic rings. The van der Waals surface area contributed by atoms with Gasteiger partial charge in [-0.1, -0.05) is 0 Å². The standard InChI is InChI=1S/C12H16BrN5O/c1-17(8-10-6-14-4-5-19-10)12-15-11-3-2-9(13)7-18(11)16-12/h2-3,7,10,14H,4-6,8H2,1H3. The van der Waals surface area contributed by atoms with E-state index in [1.54, 1.807) is 4.52 Å². The predicted octanol–water partition coefficient (Wildman–Crippen LogP) is 0.916. The van der Waals surface area contributed by atoms with Gasteiger partial charge < -0.3 is 15.0 Å². The molecule has 7 heteroatoms. The van der Waals surface area contributed by atoms with Crippen molar-refractivity contribution in [3.05, 3.63) is 22.8 Å². The monoisotopic (exact) mass is 325 g/mol. The van der Waals surface area contributed by atoms with Crippen LogP contribution in [-0.2, 0) is 4.74 Å². The first-order valence-corrected chi connectivity index (χ1v) is 7.07. The minimum Gasteiger partial charge on any atom is -0.374 e. The average Bonchev–Trinajstić information content (AvgIpc) is 2.83. The van der Waals surface area contributed by atoms with Gasteiger partial charge >= 0.3 is 0 Å². The van der Waals surface area contributed by atoms with Crippen molar-refractivity contribution in [1.82, 2.24) is 19.9 Å². The summed E-state index contributed by atoms with van der Waals surface area (Å²) in [5.74, 6) is 0.715. The summed E-state index contributed by atoms with van der Waals surface area (Å²) in [5, 5.41) is 7.79. The number of hydrogen-bond acceptors (Lipinski definition) is 5. The molecule has 2 aromatic heterocycles. The number of aromatic nitrogens is 3. The van der Waals surface area contributed by atoms with Gasteiger partial charge in [0.1, 0.15) is 0 Å². The molecule has 0 amide bonds. The van der Waals surface area contributed by atoms with Crippen LogP contribution in [0.5, 0.6) is 0 Å². The zero-order valence-electron chi connectivity index (χ0n) is 10.7. The third-order valence-electron chi connectivity index (χ3n) is 3.11. The summed E-state index contributed by atoms with van der Waals surface area (Å²) >= 11 is 3.43. The lowest BCUT2D eigenvalue weighted by molar-refractivity contribution is 0.0338. The van der Waals surface area contributed by atoms with E-state index in [0.717, 1.165) is 36.4 Å². The molecule has 1 unspecified atom stereocenters. The van der Waals surface area contributed by atoms with Gasteiger partial charge in [0, 0.05) is 37.4 Å². The van der Waals surface area contributed by atoms with Gasteiger partial charge in [0.25, 0.3) is 0 Å². The van der Waals surface area contributed by atoms with E-state index in [2.05, 4.69) is 31.3 Å². The van der Waals surface area contributed by atoms with Crippen molar-refractivity contribution in [3.8, 4) is 0 Å². The van der Waals surface area contributed by atoms with Crippen molar-refractivity contribution in [3.63, 3.8) is 0 Å². The molecule has 3 rings (SSSR count). The molecule has 0 aliphatic carbocycles. The quantitative estimate of drug-likeness (QED) is 0.909. The second-order valence-corrected chi connectivity index (χ2v) is 5.56. The lowest BCUT2D eigenvalue weighted by Crippen LogP contribution is -2.44. The summed E-state index contributed by atoms with van der Waals surface area (Å²) in [6.07, 6.45) is 2.09. The van der Waals surface area contributed by atoms with Gasteiger partial charge in [-0.3, -0.25) is 0 Å². The molecular formula is C12H16BrN5O. The Morgan fingerprint density at radius 3 is 3.26 bits per heavy atom. The predicted molar refractivity (Wildman–Crippen MR) is 76.6 cm³/mol. The molecule has 6 nitrogen and oxygen atoms in total. The van der Waals surface area contributed by atoms with E-state index in [4.69, 9.17) is 4.74 Å². The smallest absolute Gasteiger partial charge is 0.245 e. The lowest BCUT2D eigenvalue weighted by atomic mass is 10.3. The van der Waals surface area contributed by atoms with Crippen LogP contribution in [0.3, 0.4) is 0 Å². The molecule has 0 bridgehead atoms. The number of halogens is 1. The van der Waals surface area contributed by atoms with Crippen LogP contribution in [-0.4, -0.2) is 54.0 Å². The fourth-order valence-electron chi connectivity index (χ4n) is 2.13. The van der Waals surface area contributed by atoms with Gasteiger partial charge in [-0.2, -0.15) is 4.98 Å². The number of pyridine rings is 1. The number of nitrogens with one attached hydrogen (secondary N) is 1. The second kappa shape index (κ2) is 5.44.